The van der Waals surface area contributed by atoms with Crippen molar-refractivity contribution in [1.29, 1.82) is 0 Å². The number of fused-ring (bicyclic) bond motifs is 1. The predicted octanol–water partition coefficient (Wildman–Crippen LogP) is 4.69. The van der Waals surface area contributed by atoms with Crippen molar-refractivity contribution < 1.29 is 4.79 Å². The highest BCUT2D eigenvalue weighted by Gasteiger charge is 2.30. The van der Waals surface area contributed by atoms with Gasteiger partial charge < -0.3 is 10.2 Å². The number of rotatable bonds is 4. The number of benzene rings is 2. The normalized spacial score (nSPS) is 17.6. The van der Waals surface area contributed by atoms with Gasteiger partial charge in [-0.3, -0.25) is 4.79 Å². The maximum Gasteiger partial charge on any atom is 0.256 e. The second-order valence-electron chi connectivity index (χ2n) is 7.30. The highest BCUT2D eigenvalue weighted by molar-refractivity contribution is 6.34. The predicted molar refractivity (Wildman–Crippen MR) is 106 cm³/mol. The minimum atomic E-state index is 0.0216. The first kappa shape index (κ1) is 17.8. The molecule has 0 radical (unpaired) electrons. The minimum absolute atomic E-state index is 0.0216. The molecule has 0 atom stereocenters. The molecular formula is C21H22Cl2N2O. The van der Waals surface area contributed by atoms with Crippen LogP contribution >= 0.6 is 23.2 Å². The molecule has 2 aliphatic heterocycles. The molecule has 2 heterocycles. The van der Waals surface area contributed by atoms with E-state index in [-0.39, 0.29) is 5.91 Å². The van der Waals surface area contributed by atoms with Crippen LogP contribution in [0.25, 0.3) is 0 Å². The zero-order valence-electron chi connectivity index (χ0n) is 14.6. The van der Waals surface area contributed by atoms with Crippen molar-refractivity contribution in [3.05, 3.63) is 68.7 Å². The maximum atomic E-state index is 12.8. The Hall–Kier alpha value is -1.55. The van der Waals surface area contributed by atoms with Crippen LogP contribution in [0.2, 0.25) is 10.0 Å². The van der Waals surface area contributed by atoms with Crippen LogP contribution in [0, 0.1) is 5.92 Å². The number of halogens is 2. The Labute approximate surface area is 164 Å². The van der Waals surface area contributed by atoms with Crippen LogP contribution in [0.5, 0.6) is 0 Å². The molecule has 2 aromatic carbocycles. The van der Waals surface area contributed by atoms with Crippen molar-refractivity contribution in [2.75, 3.05) is 13.1 Å². The van der Waals surface area contributed by atoms with Crippen LogP contribution in [-0.4, -0.2) is 23.9 Å². The van der Waals surface area contributed by atoms with Crippen LogP contribution in [0.1, 0.15) is 39.9 Å². The van der Waals surface area contributed by atoms with Crippen molar-refractivity contribution in [2.45, 2.75) is 32.4 Å². The van der Waals surface area contributed by atoms with Crippen molar-refractivity contribution in [3.63, 3.8) is 0 Å². The van der Waals surface area contributed by atoms with Gasteiger partial charge in [-0.1, -0.05) is 41.4 Å². The molecule has 4 rings (SSSR count). The Balaban J connectivity index is 1.51. The number of amides is 1. The summed E-state index contributed by atoms with van der Waals surface area (Å²) in [6.45, 7) is 3.38. The molecule has 1 fully saturated rings. The highest BCUT2D eigenvalue weighted by Crippen LogP contribution is 2.33. The summed E-state index contributed by atoms with van der Waals surface area (Å²) in [5.74, 6) is 0.723. The topological polar surface area (TPSA) is 32.3 Å². The Morgan fingerprint density at radius 1 is 1.04 bits per heavy atom. The molecule has 0 unspecified atom stereocenters. The van der Waals surface area contributed by atoms with E-state index in [0.29, 0.717) is 34.6 Å². The molecule has 1 amide bonds. The quantitative estimate of drug-likeness (QED) is 0.823. The number of piperidine rings is 1. The van der Waals surface area contributed by atoms with Gasteiger partial charge in [0.2, 0.25) is 0 Å². The van der Waals surface area contributed by atoms with E-state index in [2.05, 4.69) is 11.4 Å². The lowest BCUT2D eigenvalue weighted by molar-refractivity contribution is 0.0767. The Morgan fingerprint density at radius 2 is 1.77 bits per heavy atom. The zero-order chi connectivity index (χ0) is 18.1. The third kappa shape index (κ3) is 3.75. The number of nitrogens with zero attached hydrogens (tertiary/aromatic N) is 1. The van der Waals surface area contributed by atoms with Crippen molar-refractivity contribution in [1.82, 2.24) is 10.2 Å². The van der Waals surface area contributed by atoms with Crippen molar-refractivity contribution in [2.24, 2.45) is 5.92 Å². The van der Waals surface area contributed by atoms with Crippen LogP contribution in [0.4, 0.5) is 0 Å². The standard InChI is InChI=1S/C21H22Cl2N2O/c22-18-3-1-15(2-4-18)12-25-13-17-10-16(9-14-5-7-24-8-6-14)11-19(23)20(17)21(25)26/h1-4,10-11,14,24H,5-9,12-13H2. The lowest BCUT2D eigenvalue weighted by Crippen LogP contribution is -2.28. The van der Waals surface area contributed by atoms with Gasteiger partial charge in [-0.15, -0.1) is 0 Å². The second kappa shape index (κ2) is 7.59. The molecule has 0 spiro atoms. The first-order valence-electron chi connectivity index (χ1n) is 9.16. The number of hydrogen-bond donors (Lipinski definition) is 1. The van der Waals surface area contributed by atoms with Gasteiger partial charge in [0.15, 0.2) is 0 Å². The summed E-state index contributed by atoms with van der Waals surface area (Å²) in [5.41, 5.74) is 4.05. The first-order chi connectivity index (χ1) is 12.6. The Morgan fingerprint density at radius 3 is 2.50 bits per heavy atom. The van der Waals surface area contributed by atoms with Gasteiger partial charge >= 0.3 is 0 Å². The molecule has 0 bridgehead atoms. The molecule has 3 nitrogen and oxygen atoms in total. The van der Waals surface area contributed by atoms with E-state index in [1.54, 1.807) is 0 Å². The summed E-state index contributed by atoms with van der Waals surface area (Å²) in [6, 6.07) is 11.8. The van der Waals surface area contributed by atoms with Gasteiger partial charge in [-0.2, -0.15) is 0 Å². The Kier molecular flexibility index (Phi) is 5.21. The molecular weight excluding hydrogens is 367 g/mol. The van der Waals surface area contributed by atoms with E-state index >= 15 is 0 Å². The molecule has 2 aliphatic rings. The summed E-state index contributed by atoms with van der Waals surface area (Å²) in [5, 5.41) is 4.70. The Bertz CT molecular complexity index is 814. The highest BCUT2D eigenvalue weighted by atomic mass is 35.5. The number of carbonyl (C=O) groups excluding carboxylic acids is 1. The minimum Gasteiger partial charge on any atom is -0.330 e. The first-order valence-corrected chi connectivity index (χ1v) is 9.91. The van der Waals surface area contributed by atoms with Crippen molar-refractivity contribution in [3.8, 4) is 0 Å². The van der Waals surface area contributed by atoms with Gasteiger partial charge in [0, 0.05) is 18.1 Å². The van der Waals surface area contributed by atoms with E-state index in [1.807, 2.05) is 35.2 Å². The van der Waals surface area contributed by atoms with E-state index in [1.165, 1.54) is 18.4 Å². The van der Waals surface area contributed by atoms with Gasteiger partial charge in [-0.25, -0.2) is 0 Å². The number of hydrogen-bond acceptors (Lipinski definition) is 2. The fourth-order valence-electron chi connectivity index (χ4n) is 4.00. The van der Waals surface area contributed by atoms with Crippen molar-refractivity contribution >= 4 is 29.1 Å². The van der Waals surface area contributed by atoms with Gasteiger partial charge in [-0.05, 0) is 73.2 Å². The number of nitrogens with one attached hydrogen (secondary N) is 1. The van der Waals surface area contributed by atoms with E-state index in [9.17, 15) is 4.79 Å². The third-order valence-electron chi connectivity index (χ3n) is 5.36. The molecule has 0 aromatic heterocycles. The van der Waals surface area contributed by atoms with Gasteiger partial charge in [0.05, 0.1) is 10.6 Å². The van der Waals surface area contributed by atoms with E-state index < -0.39 is 0 Å². The fourth-order valence-corrected chi connectivity index (χ4v) is 4.47. The monoisotopic (exact) mass is 388 g/mol. The summed E-state index contributed by atoms with van der Waals surface area (Å²) in [4.78, 5) is 14.7. The summed E-state index contributed by atoms with van der Waals surface area (Å²) >= 11 is 12.4. The molecule has 136 valence electrons. The molecule has 2 aromatic rings. The van der Waals surface area contributed by atoms with E-state index in [4.69, 9.17) is 23.2 Å². The van der Waals surface area contributed by atoms with Crippen LogP contribution < -0.4 is 5.32 Å². The van der Waals surface area contributed by atoms with Crippen LogP contribution in [0.15, 0.2) is 36.4 Å². The zero-order valence-corrected chi connectivity index (χ0v) is 16.1. The average molecular weight is 389 g/mol. The molecule has 26 heavy (non-hydrogen) atoms. The molecule has 0 saturated carbocycles. The summed E-state index contributed by atoms with van der Waals surface area (Å²) < 4.78 is 0. The smallest absolute Gasteiger partial charge is 0.256 e. The molecule has 5 heteroatoms. The molecule has 1 N–H and O–H groups in total. The third-order valence-corrected chi connectivity index (χ3v) is 5.91. The van der Waals surface area contributed by atoms with Crippen LogP contribution in [0.3, 0.4) is 0 Å². The van der Waals surface area contributed by atoms with E-state index in [0.717, 1.165) is 30.6 Å². The van der Waals surface area contributed by atoms with Crippen LogP contribution in [-0.2, 0) is 19.5 Å². The largest absolute Gasteiger partial charge is 0.330 e. The summed E-state index contributed by atoms with van der Waals surface area (Å²) in [7, 11) is 0. The lowest BCUT2D eigenvalue weighted by Gasteiger charge is -2.22. The fraction of sp³-hybridized carbons (Fsp3) is 0.381. The van der Waals surface area contributed by atoms with Gasteiger partial charge in [0.1, 0.15) is 0 Å². The SMILES string of the molecule is O=C1c2c(Cl)cc(CC3CCNCC3)cc2CN1Cc1ccc(Cl)cc1. The molecule has 1 saturated heterocycles. The average Bonchev–Trinajstić information content (AvgIpc) is 2.94. The maximum absolute atomic E-state index is 12.8. The summed E-state index contributed by atoms with van der Waals surface area (Å²) in [6.07, 6.45) is 3.45. The number of carbonyl (C=O) groups is 1. The lowest BCUT2D eigenvalue weighted by atomic mass is 9.90. The molecule has 0 aliphatic carbocycles. The second-order valence-corrected chi connectivity index (χ2v) is 8.14. The van der Waals surface area contributed by atoms with Gasteiger partial charge in [0.25, 0.3) is 5.91 Å².